The second kappa shape index (κ2) is 4.34. The third-order valence-electron chi connectivity index (χ3n) is 2.36. The van der Waals surface area contributed by atoms with Crippen molar-refractivity contribution in [1.29, 1.82) is 0 Å². The van der Waals surface area contributed by atoms with Crippen molar-refractivity contribution in [3.8, 4) is 11.5 Å². The van der Waals surface area contributed by atoms with Gasteiger partial charge in [-0.25, -0.2) is 5.14 Å². The standard InChI is InChI=1S/C9H11ClN2O4S/c1-12(17(11,13)14)9-5-15-8-4-6(10)2-3-7(8)16-9/h2-4,9H,5H2,1H3,(H2,11,13,14)/t9-/m0/s1. The number of likely N-dealkylation sites (N-methyl/N-ethyl adjacent to an activating group) is 1. The molecular weight excluding hydrogens is 268 g/mol. The summed E-state index contributed by atoms with van der Waals surface area (Å²) in [6.45, 7) is 0.0558. The molecule has 0 aliphatic carbocycles. The first-order chi connectivity index (χ1) is 7.88. The molecule has 17 heavy (non-hydrogen) atoms. The van der Waals surface area contributed by atoms with Crippen LogP contribution in [-0.2, 0) is 10.2 Å². The Balaban J connectivity index is 2.22. The molecule has 0 saturated heterocycles. The minimum absolute atomic E-state index is 0.0558. The van der Waals surface area contributed by atoms with Gasteiger partial charge in [0, 0.05) is 18.1 Å². The molecule has 1 aromatic rings. The molecule has 1 aliphatic heterocycles. The largest absolute Gasteiger partial charge is 0.484 e. The van der Waals surface area contributed by atoms with E-state index >= 15 is 0 Å². The van der Waals surface area contributed by atoms with E-state index in [9.17, 15) is 8.42 Å². The highest BCUT2D eigenvalue weighted by molar-refractivity contribution is 7.86. The lowest BCUT2D eigenvalue weighted by molar-refractivity contribution is 0.0255. The van der Waals surface area contributed by atoms with E-state index in [1.54, 1.807) is 18.2 Å². The molecule has 1 aliphatic rings. The molecule has 1 aromatic carbocycles. The van der Waals surface area contributed by atoms with E-state index < -0.39 is 16.4 Å². The zero-order chi connectivity index (χ0) is 12.6. The van der Waals surface area contributed by atoms with Crippen LogP contribution in [0.25, 0.3) is 0 Å². The Hall–Kier alpha value is -1.02. The van der Waals surface area contributed by atoms with Crippen molar-refractivity contribution < 1.29 is 17.9 Å². The van der Waals surface area contributed by atoms with Crippen LogP contribution in [0, 0.1) is 0 Å². The molecule has 94 valence electrons. The fourth-order valence-electron chi connectivity index (χ4n) is 1.38. The maximum Gasteiger partial charge on any atom is 0.279 e. The summed E-state index contributed by atoms with van der Waals surface area (Å²) in [5.74, 6) is 0.915. The summed E-state index contributed by atoms with van der Waals surface area (Å²) in [4.78, 5) is 0. The van der Waals surface area contributed by atoms with Gasteiger partial charge in [-0.1, -0.05) is 11.6 Å². The van der Waals surface area contributed by atoms with Crippen molar-refractivity contribution in [3.05, 3.63) is 23.2 Å². The van der Waals surface area contributed by atoms with Crippen LogP contribution in [0.15, 0.2) is 18.2 Å². The summed E-state index contributed by atoms with van der Waals surface area (Å²) < 4.78 is 34.0. The van der Waals surface area contributed by atoms with Crippen molar-refractivity contribution in [2.75, 3.05) is 13.7 Å². The number of fused-ring (bicyclic) bond motifs is 1. The summed E-state index contributed by atoms with van der Waals surface area (Å²) in [7, 11) is -2.49. The maximum atomic E-state index is 11.1. The van der Waals surface area contributed by atoms with Gasteiger partial charge in [0.2, 0.25) is 0 Å². The number of halogens is 1. The first-order valence-electron chi connectivity index (χ1n) is 4.72. The summed E-state index contributed by atoms with van der Waals surface area (Å²) in [5, 5.41) is 5.51. The molecule has 0 fully saturated rings. The zero-order valence-electron chi connectivity index (χ0n) is 8.96. The van der Waals surface area contributed by atoms with E-state index in [0.717, 1.165) is 4.31 Å². The van der Waals surface area contributed by atoms with Crippen LogP contribution in [0.1, 0.15) is 0 Å². The van der Waals surface area contributed by atoms with Crippen LogP contribution >= 0.6 is 11.6 Å². The highest BCUT2D eigenvalue weighted by Crippen LogP contribution is 2.34. The van der Waals surface area contributed by atoms with Gasteiger partial charge in [-0.05, 0) is 12.1 Å². The molecule has 0 radical (unpaired) electrons. The first kappa shape index (κ1) is 12.4. The van der Waals surface area contributed by atoms with Gasteiger partial charge in [0.25, 0.3) is 10.2 Å². The Labute approximate surface area is 104 Å². The van der Waals surface area contributed by atoms with Crippen molar-refractivity contribution in [1.82, 2.24) is 4.31 Å². The quantitative estimate of drug-likeness (QED) is 0.858. The van der Waals surface area contributed by atoms with Crippen LogP contribution in [0.3, 0.4) is 0 Å². The van der Waals surface area contributed by atoms with Crippen molar-refractivity contribution in [2.24, 2.45) is 5.14 Å². The van der Waals surface area contributed by atoms with E-state index in [2.05, 4.69) is 0 Å². The van der Waals surface area contributed by atoms with Crippen molar-refractivity contribution >= 4 is 21.8 Å². The smallest absolute Gasteiger partial charge is 0.279 e. The lowest BCUT2D eigenvalue weighted by Gasteiger charge is -2.31. The predicted octanol–water partition coefficient (Wildman–Crippen LogP) is 0.573. The van der Waals surface area contributed by atoms with Gasteiger partial charge in [-0.2, -0.15) is 12.7 Å². The van der Waals surface area contributed by atoms with Crippen LogP contribution in [-0.4, -0.2) is 32.6 Å². The molecular formula is C9H11ClN2O4S. The van der Waals surface area contributed by atoms with Crippen molar-refractivity contribution in [3.63, 3.8) is 0 Å². The number of ether oxygens (including phenoxy) is 2. The third kappa shape index (κ3) is 2.63. The summed E-state index contributed by atoms with van der Waals surface area (Å²) >= 11 is 5.79. The maximum absolute atomic E-state index is 11.1. The second-order valence-corrected chi connectivity index (χ2v) is 5.58. The summed E-state index contributed by atoms with van der Waals surface area (Å²) in [5.41, 5.74) is 0. The number of nitrogens with zero attached hydrogens (tertiary/aromatic N) is 1. The average Bonchev–Trinajstić information content (AvgIpc) is 2.26. The molecule has 2 N–H and O–H groups in total. The molecule has 0 saturated carbocycles. The molecule has 0 amide bonds. The van der Waals surface area contributed by atoms with Crippen LogP contribution in [0.2, 0.25) is 5.02 Å². The lowest BCUT2D eigenvalue weighted by atomic mass is 10.3. The fourth-order valence-corrected chi connectivity index (χ4v) is 1.97. The molecule has 2 rings (SSSR count). The zero-order valence-corrected chi connectivity index (χ0v) is 10.5. The summed E-state index contributed by atoms with van der Waals surface area (Å²) in [6.07, 6.45) is -0.779. The minimum Gasteiger partial charge on any atom is -0.484 e. The van der Waals surface area contributed by atoms with E-state index in [1.807, 2.05) is 0 Å². The Morgan fingerprint density at radius 1 is 1.47 bits per heavy atom. The first-order valence-corrected chi connectivity index (χ1v) is 6.61. The molecule has 0 spiro atoms. The molecule has 0 unspecified atom stereocenters. The van der Waals surface area contributed by atoms with E-state index in [1.165, 1.54) is 7.05 Å². The number of hydrogen-bond donors (Lipinski definition) is 1. The molecule has 8 heteroatoms. The van der Waals surface area contributed by atoms with Crippen LogP contribution in [0.4, 0.5) is 0 Å². The van der Waals surface area contributed by atoms with E-state index in [-0.39, 0.29) is 6.61 Å². The molecule has 0 aromatic heterocycles. The molecule has 1 heterocycles. The SMILES string of the molecule is CN([C@@H]1COc2cc(Cl)ccc2O1)S(N)(=O)=O. The van der Waals surface area contributed by atoms with E-state index in [0.29, 0.717) is 16.5 Å². The number of hydrogen-bond acceptors (Lipinski definition) is 4. The fraction of sp³-hybridized carbons (Fsp3) is 0.333. The van der Waals surface area contributed by atoms with Gasteiger partial charge < -0.3 is 9.47 Å². The molecule has 0 bridgehead atoms. The highest BCUT2D eigenvalue weighted by atomic mass is 35.5. The highest BCUT2D eigenvalue weighted by Gasteiger charge is 2.30. The Morgan fingerprint density at radius 2 is 2.18 bits per heavy atom. The minimum atomic E-state index is -3.81. The predicted molar refractivity (Wildman–Crippen MR) is 62.2 cm³/mol. The van der Waals surface area contributed by atoms with Gasteiger partial charge in [0.15, 0.2) is 17.7 Å². The summed E-state index contributed by atoms with van der Waals surface area (Å²) in [6, 6.07) is 4.84. The van der Waals surface area contributed by atoms with E-state index in [4.69, 9.17) is 26.2 Å². The Morgan fingerprint density at radius 3 is 2.82 bits per heavy atom. The van der Waals surface area contributed by atoms with Crippen LogP contribution in [0.5, 0.6) is 11.5 Å². The second-order valence-electron chi connectivity index (χ2n) is 3.54. The topological polar surface area (TPSA) is 81.9 Å². The van der Waals surface area contributed by atoms with Crippen LogP contribution < -0.4 is 14.6 Å². The van der Waals surface area contributed by atoms with Gasteiger partial charge in [-0.15, -0.1) is 0 Å². The molecule has 6 nitrogen and oxygen atoms in total. The average molecular weight is 279 g/mol. The van der Waals surface area contributed by atoms with Gasteiger partial charge >= 0.3 is 0 Å². The lowest BCUT2D eigenvalue weighted by Crippen LogP contribution is -2.48. The Kier molecular flexibility index (Phi) is 3.17. The number of nitrogens with two attached hydrogens (primary N) is 1. The van der Waals surface area contributed by atoms with Crippen molar-refractivity contribution in [2.45, 2.75) is 6.23 Å². The normalized spacial score (nSPS) is 19.4. The monoisotopic (exact) mass is 278 g/mol. The third-order valence-corrected chi connectivity index (χ3v) is 3.63. The van der Waals surface area contributed by atoms with Gasteiger partial charge in [-0.3, -0.25) is 0 Å². The number of benzene rings is 1. The number of rotatable bonds is 2. The molecule has 1 atom stereocenters. The van der Waals surface area contributed by atoms with Gasteiger partial charge in [0.05, 0.1) is 0 Å². The Bertz CT molecular complexity index is 534. The van der Waals surface area contributed by atoms with Gasteiger partial charge in [0.1, 0.15) is 6.61 Å².